The van der Waals surface area contributed by atoms with Crippen molar-refractivity contribution in [3.05, 3.63) is 35.4 Å². The number of rotatable bonds is 1. The summed E-state index contributed by atoms with van der Waals surface area (Å²) in [5, 5.41) is 9.10. The van der Waals surface area contributed by atoms with Crippen LogP contribution in [0.1, 0.15) is 42.1 Å². The van der Waals surface area contributed by atoms with E-state index in [1.807, 2.05) is 18.2 Å². The van der Waals surface area contributed by atoms with Gasteiger partial charge in [0.05, 0.1) is 0 Å². The Kier molecular flexibility index (Phi) is 3.04. The fraction of sp³-hybridized carbons (Fsp3) is 0.500. The predicted octanol–water partition coefficient (Wildman–Crippen LogP) is 2.92. The molecule has 4 nitrogen and oxygen atoms in total. The van der Waals surface area contributed by atoms with E-state index in [9.17, 15) is 9.59 Å². The minimum atomic E-state index is -0.856. The van der Waals surface area contributed by atoms with E-state index >= 15 is 0 Å². The lowest BCUT2D eigenvalue weighted by Crippen LogP contribution is -2.47. The zero-order chi connectivity index (χ0) is 14.3. The number of carbonyl (C=O) groups excluding carboxylic acids is 1. The first-order valence-corrected chi connectivity index (χ1v) is 7.22. The van der Waals surface area contributed by atoms with Gasteiger partial charge in [-0.3, -0.25) is 4.79 Å². The fourth-order valence-corrected chi connectivity index (χ4v) is 4.05. The molecule has 2 aliphatic rings. The van der Waals surface area contributed by atoms with Crippen LogP contribution in [0, 0.1) is 5.92 Å². The zero-order valence-corrected chi connectivity index (χ0v) is 11.6. The number of carbonyl (C=O) groups is 2. The highest BCUT2D eigenvalue weighted by Gasteiger charge is 2.52. The topological polar surface area (TPSA) is 57.6 Å². The molecule has 0 radical (unpaired) electrons. The van der Waals surface area contributed by atoms with E-state index < -0.39 is 6.09 Å². The smallest absolute Gasteiger partial charge is 0.407 e. The van der Waals surface area contributed by atoms with Gasteiger partial charge in [-0.1, -0.05) is 31.2 Å². The molecule has 1 aliphatic heterocycles. The molecule has 4 heteroatoms. The summed E-state index contributed by atoms with van der Waals surface area (Å²) in [5.41, 5.74) is 1.85. The van der Waals surface area contributed by atoms with E-state index in [2.05, 4.69) is 13.0 Å². The van der Waals surface area contributed by atoms with E-state index in [1.165, 1.54) is 4.90 Å². The van der Waals surface area contributed by atoms with E-state index in [1.54, 1.807) is 0 Å². The summed E-state index contributed by atoms with van der Waals surface area (Å²) in [6.45, 7) is 3.10. The number of hydrogen-bond donors (Lipinski definition) is 1. The second kappa shape index (κ2) is 4.62. The summed E-state index contributed by atoms with van der Waals surface area (Å²) < 4.78 is 0. The molecule has 1 aliphatic carbocycles. The van der Waals surface area contributed by atoms with E-state index in [0.29, 0.717) is 13.1 Å². The van der Waals surface area contributed by atoms with Gasteiger partial charge in [-0.25, -0.2) is 4.79 Å². The third kappa shape index (κ3) is 1.67. The highest BCUT2D eigenvalue weighted by molar-refractivity contribution is 6.04. The molecule has 0 bridgehead atoms. The van der Waals surface area contributed by atoms with Crippen LogP contribution in [0.25, 0.3) is 0 Å². The maximum Gasteiger partial charge on any atom is 0.407 e. The third-order valence-electron chi connectivity index (χ3n) is 5.05. The molecule has 3 rings (SSSR count). The van der Waals surface area contributed by atoms with Gasteiger partial charge in [0.1, 0.15) is 0 Å². The van der Waals surface area contributed by atoms with Gasteiger partial charge in [-0.05, 0) is 24.8 Å². The molecule has 20 heavy (non-hydrogen) atoms. The van der Waals surface area contributed by atoms with Gasteiger partial charge < -0.3 is 10.0 Å². The van der Waals surface area contributed by atoms with Crippen LogP contribution in [0.3, 0.4) is 0 Å². The quantitative estimate of drug-likeness (QED) is 0.856. The Bertz CT molecular complexity index is 559. The van der Waals surface area contributed by atoms with Gasteiger partial charge in [-0.2, -0.15) is 0 Å². The molecule has 1 heterocycles. The molecular weight excluding hydrogens is 254 g/mol. The molecule has 1 unspecified atom stereocenters. The zero-order valence-electron chi connectivity index (χ0n) is 11.6. The molecule has 0 aromatic heterocycles. The Balaban J connectivity index is 2.00. The summed E-state index contributed by atoms with van der Waals surface area (Å²) in [6, 6.07) is 7.86. The molecule has 1 atom stereocenters. The van der Waals surface area contributed by atoms with Crippen molar-refractivity contribution in [3.63, 3.8) is 0 Å². The molecule has 0 saturated carbocycles. The average molecular weight is 273 g/mol. The lowest BCUT2D eigenvalue weighted by atomic mass is 9.67. The SMILES string of the molecule is CCC1C(=O)c2ccccc2C12CCN(C(=O)O)CC2. The van der Waals surface area contributed by atoms with E-state index in [0.717, 1.165) is 30.4 Å². The molecule has 1 amide bonds. The first kappa shape index (κ1) is 13.2. The number of Topliss-reactive ketones (excluding diaryl/α,β-unsaturated/α-hetero) is 1. The van der Waals surface area contributed by atoms with Crippen LogP contribution >= 0.6 is 0 Å². The first-order chi connectivity index (χ1) is 9.60. The van der Waals surface area contributed by atoms with Crippen molar-refractivity contribution >= 4 is 11.9 Å². The minimum absolute atomic E-state index is 0.0100. The van der Waals surface area contributed by atoms with Crippen LogP contribution in [0.4, 0.5) is 4.79 Å². The maximum absolute atomic E-state index is 12.6. The largest absolute Gasteiger partial charge is 0.465 e. The Labute approximate surface area is 118 Å². The average Bonchev–Trinajstić information content (AvgIpc) is 2.69. The third-order valence-corrected chi connectivity index (χ3v) is 5.05. The number of ketones is 1. The Hall–Kier alpha value is -1.84. The highest BCUT2D eigenvalue weighted by Crippen LogP contribution is 2.50. The number of hydrogen-bond acceptors (Lipinski definition) is 2. The Morgan fingerprint density at radius 2 is 2.00 bits per heavy atom. The summed E-state index contributed by atoms with van der Waals surface area (Å²) in [7, 11) is 0. The molecule has 1 aromatic rings. The highest BCUT2D eigenvalue weighted by atomic mass is 16.4. The molecule has 1 spiro atoms. The maximum atomic E-state index is 12.6. The van der Waals surface area contributed by atoms with Crippen LogP contribution in [0.5, 0.6) is 0 Å². The van der Waals surface area contributed by atoms with Crippen LogP contribution in [0.2, 0.25) is 0 Å². The van der Waals surface area contributed by atoms with Gasteiger partial charge in [0.2, 0.25) is 0 Å². The fourth-order valence-electron chi connectivity index (χ4n) is 4.05. The van der Waals surface area contributed by atoms with Crippen molar-refractivity contribution in [1.82, 2.24) is 4.90 Å². The standard InChI is InChI=1S/C16H19NO3/c1-2-12-14(18)11-5-3-4-6-13(11)16(12)7-9-17(10-8-16)15(19)20/h3-6,12H,2,7-10H2,1H3,(H,19,20). The van der Waals surface area contributed by atoms with Crippen LogP contribution < -0.4 is 0 Å². The second-order valence-electron chi connectivity index (χ2n) is 5.80. The number of carboxylic acid groups (broad SMARTS) is 1. The molecule has 1 fully saturated rings. The molecule has 1 N–H and O–H groups in total. The number of nitrogens with zero attached hydrogens (tertiary/aromatic N) is 1. The normalized spacial score (nSPS) is 23.9. The van der Waals surface area contributed by atoms with Gasteiger partial charge in [0, 0.05) is 30.0 Å². The Morgan fingerprint density at radius 1 is 1.35 bits per heavy atom. The van der Waals surface area contributed by atoms with Gasteiger partial charge >= 0.3 is 6.09 Å². The van der Waals surface area contributed by atoms with Crippen LogP contribution in [-0.2, 0) is 5.41 Å². The first-order valence-electron chi connectivity index (χ1n) is 7.22. The molecule has 1 aromatic carbocycles. The number of piperidine rings is 1. The number of likely N-dealkylation sites (tertiary alicyclic amines) is 1. The summed E-state index contributed by atoms with van der Waals surface area (Å²) in [6.07, 6.45) is 1.47. The van der Waals surface area contributed by atoms with Crippen LogP contribution in [-0.4, -0.2) is 35.0 Å². The molecule has 1 saturated heterocycles. The Morgan fingerprint density at radius 3 is 2.60 bits per heavy atom. The number of fused-ring (bicyclic) bond motifs is 2. The van der Waals surface area contributed by atoms with Gasteiger partial charge in [0.15, 0.2) is 5.78 Å². The number of benzene rings is 1. The predicted molar refractivity (Wildman–Crippen MR) is 75.1 cm³/mol. The van der Waals surface area contributed by atoms with Crippen molar-refractivity contribution in [3.8, 4) is 0 Å². The van der Waals surface area contributed by atoms with E-state index in [4.69, 9.17) is 5.11 Å². The van der Waals surface area contributed by atoms with Crippen LogP contribution in [0.15, 0.2) is 24.3 Å². The van der Waals surface area contributed by atoms with Crippen molar-refractivity contribution in [2.24, 2.45) is 5.92 Å². The summed E-state index contributed by atoms with van der Waals surface area (Å²) in [5.74, 6) is 0.253. The molecular formula is C16H19NO3. The second-order valence-corrected chi connectivity index (χ2v) is 5.80. The monoisotopic (exact) mass is 273 g/mol. The van der Waals surface area contributed by atoms with Gasteiger partial charge in [-0.15, -0.1) is 0 Å². The van der Waals surface area contributed by atoms with Crippen molar-refractivity contribution in [2.45, 2.75) is 31.6 Å². The lowest BCUT2D eigenvalue weighted by Gasteiger charge is -2.42. The molecule has 106 valence electrons. The van der Waals surface area contributed by atoms with E-state index in [-0.39, 0.29) is 17.1 Å². The van der Waals surface area contributed by atoms with Crippen molar-refractivity contribution < 1.29 is 14.7 Å². The van der Waals surface area contributed by atoms with Gasteiger partial charge in [0.25, 0.3) is 0 Å². The summed E-state index contributed by atoms with van der Waals surface area (Å²) >= 11 is 0. The minimum Gasteiger partial charge on any atom is -0.465 e. The lowest BCUT2D eigenvalue weighted by molar-refractivity contribution is 0.0762. The van der Waals surface area contributed by atoms with Crippen molar-refractivity contribution in [2.75, 3.05) is 13.1 Å². The summed E-state index contributed by atoms with van der Waals surface area (Å²) in [4.78, 5) is 25.1. The number of amides is 1. The van der Waals surface area contributed by atoms with Crippen molar-refractivity contribution in [1.29, 1.82) is 0 Å².